The van der Waals surface area contributed by atoms with Gasteiger partial charge in [-0.1, -0.05) is 103 Å². The molecule has 2 aliphatic rings. The molecule has 0 saturated carbocycles. The Balaban J connectivity index is 1.39. The first-order chi connectivity index (χ1) is 16.5. The van der Waals surface area contributed by atoms with E-state index in [-0.39, 0.29) is 11.8 Å². The summed E-state index contributed by atoms with van der Waals surface area (Å²) in [6.07, 6.45) is 3.66. The Bertz CT molecular complexity index is 1280. The highest BCUT2D eigenvalue weighted by molar-refractivity contribution is 8.27. The summed E-state index contributed by atoms with van der Waals surface area (Å²) in [6.45, 7) is 0. The molecular formula is C26H16N2O2S4. The van der Waals surface area contributed by atoms with E-state index in [0.717, 1.165) is 22.5 Å². The van der Waals surface area contributed by atoms with E-state index in [0.29, 0.717) is 18.5 Å². The van der Waals surface area contributed by atoms with Crippen molar-refractivity contribution in [3.63, 3.8) is 0 Å². The first-order valence-corrected chi connectivity index (χ1v) is 12.7. The van der Waals surface area contributed by atoms with E-state index in [1.807, 2.05) is 97.1 Å². The standard InChI is InChI=1S/C26H16N2O2S4/c29-23-21(33-25(31)27(23)19-10-3-1-4-11-19)15-17-8-7-9-18(14-17)16-22-24(30)28(26(32)34-22)20-12-5-2-6-13-20/h1-16H. The van der Waals surface area contributed by atoms with Crippen LogP contribution in [0.1, 0.15) is 11.1 Å². The third-order valence-electron chi connectivity index (χ3n) is 5.12. The zero-order valence-corrected chi connectivity index (χ0v) is 20.8. The van der Waals surface area contributed by atoms with Gasteiger partial charge in [0.05, 0.1) is 21.2 Å². The van der Waals surface area contributed by atoms with Gasteiger partial charge >= 0.3 is 0 Å². The molecule has 2 saturated heterocycles. The van der Waals surface area contributed by atoms with Gasteiger partial charge in [0.1, 0.15) is 0 Å². The first kappa shape index (κ1) is 22.7. The third-order valence-corrected chi connectivity index (χ3v) is 7.73. The lowest BCUT2D eigenvalue weighted by Gasteiger charge is -2.13. The molecule has 2 heterocycles. The molecule has 0 atom stereocenters. The zero-order chi connectivity index (χ0) is 23.7. The number of amides is 2. The normalized spacial score (nSPS) is 18.6. The molecule has 5 rings (SSSR count). The molecule has 4 nitrogen and oxygen atoms in total. The predicted molar refractivity (Wildman–Crippen MR) is 151 cm³/mol. The highest BCUT2D eigenvalue weighted by Crippen LogP contribution is 2.37. The summed E-state index contributed by atoms with van der Waals surface area (Å²) in [5.74, 6) is -0.286. The van der Waals surface area contributed by atoms with Crippen molar-refractivity contribution in [1.29, 1.82) is 0 Å². The van der Waals surface area contributed by atoms with Gasteiger partial charge in [-0.05, 0) is 53.6 Å². The molecule has 0 N–H and O–H groups in total. The fraction of sp³-hybridized carbons (Fsp3) is 0. The third kappa shape index (κ3) is 4.50. The van der Waals surface area contributed by atoms with E-state index in [1.165, 1.54) is 23.5 Å². The predicted octanol–water partition coefficient (Wildman–Crippen LogP) is 6.50. The Labute approximate surface area is 216 Å². The Kier molecular flexibility index (Phi) is 6.47. The van der Waals surface area contributed by atoms with Crippen molar-refractivity contribution in [3.8, 4) is 0 Å². The van der Waals surface area contributed by atoms with Crippen LogP contribution in [0.3, 0.4) is 0 Å². The van der Waals surface area contributed by atoms with E-state index in [2.05, 4.69) is 0 Å². The minimum absolute atomic E-state index is 0.143. The monoisotopic (exact) mass is 516 g/mol. The van der Waals surface area contributed by atoms with Crippen molar-refractivity contribution < 1.29 is 9.59 Å². The number of para-hydroxylation sites is 2. The SMILES string of the molecule is O=C1C(=Cc2cccc(C=C3SC(=S)N(c4ccccc4)C3=O)c2)SC(=S)N1c1ccccc1. The highest BCUT2D eigenvalue weighted by Gasteiger charge is 2.34. The summed E-state index contributed by atoms with van der Waals surface area (Å²) in [4.78, 5) is 30.2. The maximum Gasteiger partial charge on any atom is 0.270 e. The number of rotatable bonds is 4. The van der Waals surface area contributed by atoms with Crippen molar-refractivity contribution in [2.45, 2.75) is 0 Å². The fourth-order valence-corrected chi connectivity index (χ4v) is 6.17. The molecule has 2 aliphatic heterocycles. The van der Waals surface area contributed by atoms with Crippen LogP contribution in [0.5, 0.6) is 0 Å². The smallest absolute Gasteiger partial charge is 0.268 e. The van der Waals surface area contributed by atoms with Gasteiger partial charge in [-0.2, -0.15) is 0 Å². The first-order valence-electron chi connectivity index (χ1n) is 10.3. The summed E-state index contributed by atoms with van der Waals surface area (Å²) in [5, 5.41) is 0. The molecule has 0 aliphatic carbocycles. The van der Waals surface area contributed by atoms with Gasteiger partial charge in [0.2, 0.25) is 0 Å². The van der Waals surface area contributed by atoms with E-state index >= 15 is 0 Å². The second-order valence-electron chi connectivity index (χ2n) is 7.38. The molecule has 0 bridgehead atoms. The van der Waals surface area contributed by atoms with Crippen molar-refractivity contribution in [3.05, 3.63) is 106 Å². The van der Waals surface area contributed by atoms with Gasteiger partial charge < -0.3 is 0 Å². The molecule has 0 aromatic heterocycles. The van der Waals surface area contributed by atoms with Crippen LogP contribution in [0.4, 0.5) is 11.4 Å². The van der Waals surface area contributed by atoms with Crippen LogP contribution in [0.25, 0.3) is 12.2 Å². The average molecular weight is 517 g/mol. The van der Waals surface area contributed by atoms with Gasteiger partial charge in [0.15, 0.2) is 8.64 Å². The van der Waals surface area contributed by atoms with Crippen LogP contribution >= 0.6 is 48.0 Å². The number of carbonyl (C=O) groups excluding carboxylic acids is 2. The number of anilines is 2. The maximum atomic E-state index is 13.0. The minimum Gasteiger partial charge on any atom is -0.268 e. The van der Waals surface area contributed by atoms with E-state index in [1.54, 1.807) is 9.80 Å². The number of thiocarbonyl (C=S) groups is 2. The second-order valence-corrected chi connectivity index (χ2v) is 10.7. The zero-order valence-electron chi connectivity index (χ0n) is 17.6. The Morgan fingerprint density at radius 3 is 1.41 bits per heavy atom. The summed E-state index contributed by atoms with van der Waals surface area (Å²) in [5.41, 5.74) is 3.20. The molecule has 3 aromatic carbocycles. The number of carbonyl (C=O) groups is 2. The topological polar surface area (TPSA) is 40.6 Å². The molecular weight excluding hydrogens is 501 g/mol. The van der Waals surface area contributed by atoms with Crippen LogP contribution in [0, 0.1) is 0 Å². The average Bonchev–Trinajstić information content (AvgIpc) is 3.28. The van der Waals surface area contributed by atoms with Crippen molar-refractivity contribution in [2.75, 3.05) is 9.80 Å². The number of benzene rings is 3. The lowest BCUT2D eigenvalue weighted by Crippen LogP contribution is -2.27. The number of hydrogen-bond donors (Lipinski definition) is 0. The number of hydrogen-bond acceptors (Lipinski definition) is 6. The fourth-order valence-electron chi connectivity index (χ4n) is 3.58. The van der Waals surface area contributed by atoms with Crippen LogP contribution in [0.2, 0.25) is 0 Å². The molecule has 2 amide bonds. The van der Waals surface area contributed by atoms with Gasteiger partial charge in [0.25, 0.3) is 11.8 Å². The maximum absolute atomic E-state index is 13.0. The van der Waals surface area contributed by atoms with E-state index in [9.17, 15) is 9.59 Å². The summed E-state index contributed by atoms with van der Waals surface area (Å²) < 4.78 is 1.01. The van der Waals surface area contributed by atoms with Gasteiger partial charge in [-0.15, -0.1) is 0 Å². The Morgan fingerprint density at radius 2 is 1.00 bits per heavy atom. The lowest BCUT2D eigenvalue weighted by molar-refractivity contribution is -0.114. The molecule has 8 heteroatoms. The summed E-state index contributed by atoms with van der Waals surface area (Å²) in [6, 6.07) is 26.4. The number of nitrogens with zero attached hydrogens (tertiary/aromatic N) is 2. The van der Waals surface area contributed by atoms with E-state index < -0.39 is 0 Å². The van der Waals surface area contributed by atoms with Crippen LogP contribution in [-0.4, -0.2) is 20.5 Å². The summed E-state index contributed by atoms with van der Waals surface area (Å²) in [7, 11) is 0. The van der Waals surface area contributed by atoms with Crippen LogP contribution in [-0.2, 0) is 9.59 Å². The molecule has 0 radical (unpaired) electrons. The molecule has 166 valence electrons. The van der Waals surface area contributed by atoms with Gasteiger partial charge in [0, 0.05) is 0 Å². The van der Waals surface area contributed by atoms with Crippen molar-refractivity contribution in [2.24, 2.45) is 0 Å². The van der Waals surface area contributed by atoms with Gasteiger partial charge in [-0.25, -0.2) is 0 Å². The molecule has 3 aromatic rings. The molecule has 0 unspecified atom stereocenters. The van der Waals surface area contributed by atoms with Crippen LogP contribution in [0.15, 0.2) is 94.7 Å². The van der Waals surface area contributed by atoms with Crippen LogP contribution < -0.4 is 9.80 Å². The van der Waals surface area contributed by atoms with E-state index in [4.69, 9.17) is 24.4 Å². The quantitative estimate of drug-likeness (QED) is 0.291. The number of thioether (sulfide) groups is 2. The second kappa shape index (κ2) is 9.68. The molecule has 2 fully saturated rings. The molecule has 0 spiro atoms. The van der Waals surface area contributed by atoms with Gasteiger partial charge in [-0.3, -0.25) is 19.4 Å². The summed E-state index contributed by atoms with van der Waals surface area (Å²) >= 11 is 13.5. The van der Waals surface area contributed by atoms with Crippen molar-refractivity contribution >= 4 is 91.9 Å². The largest absolute Gasteiger partial charge is 0.270 e. The van der Waals surface area contributed by atoms with Crippen molar-refractivity contribution in [1.82, 2.24) is 0 Å². The minimum atomic E-state index is -0.143. The lowest BCUT2D eigenvalue weighted by atomic mass is 10.1. The highest BCUT2D eigenvalue weighted by atomic mass is 32.2. The molecule has 34 heavy (non-hydrogen) atoms. The Morgan fingerprint density at radius 1 is 0.588 bits per heavy atom. The Hall–Kier alpha value is -3.04.